The Hall–Kier alpha value is -5.73. The van der Waals surface area contributed by atoms with Gasteiger partial charge in [-0.05, 0) is 99.7 Å². The molecule has 11 nitrogen and oxygen atoms in total. The molecule has 2 aromatic heterocycles. The zero-order valence-corrected chi connectivity index (χ0v) is 31.4. The minimum atomic E-state index is -0.675. The van der Waals surface area contributed by atoms with Gasteiger partial charge in [0.05, 0.1) is 6.04 Å². The second-order valence-electron chi connectivity index (χ2n) is 14.6. The van der Waals surface area contributed by atoms with Gasteiger partial charge in [0.15, 0.2) is 0 Å². The van der Waals surface area contributed by atoms with Crippen LogP contribution in [0.5, 0.6) is 0 Å². The van der Waals surface area contributed by atoms with E-state index in [2.05, 4.69) is 20.6 Å². The van der Waals surface area contributed by atoms with Crippen molar-refractivity contribution < 1.29 is 36.7 Å². The van der Waals surface area contributed by atoms with E-state index in [1.54, 1.807) is 68.9 Å². The van der Waals surface area contributed by atoms with Crippen molar-refractivity contribution in [2.24, 2.45) is 0 Å². The molecule has 15 heteroatoms. The molecular formula is C40H45F4N7O4. The number of benzene rings is 2. The van der Waals surface area contributed by atoms with Gasteiger partial charge in [-0.25, -0.2) is 41.9 Å². The topological polar surface area (TPSA) is 120 Å². The molecule has 3 heterocycles. The van der Waals surface area contributed by atoms with E-state index in [1.165, 1.54) is 41.6 Å². The van der Waals surface area contributed by atoms with Gasteiger partial charge in [0, 0.05) is 68.9 Å². The van der Waals surface area contributed by atoms with Gasteiger partial charge < -0.3 is 19.4 Å². The molecule has 6 rings (SSSR count). The lowest BCUT2D eigenvalue weighted by Gasteiger charge is -2.26. The number of amides is 5. The molecule has 1 aliphatic heterocycles. The molecule has 0 radical (unpaired) electrons. The number of carbonyl (C=O) groups is 3. The number of nitrogens with zero attached hydrogens (tertiary/aromatic N) is 5. The molecule has 2 fully saturated rings. The fourth-order valence-corrected chi connectivity index (χ4v) is 6.29. The van der Waals surface area contributed by atoms with E-state index < -0.39 is 35.0 Å². The van der Waals surface area contributed by atoms with Gasteiger partial charge in [0.25, 0.3) is 0 Å². The van der Waals surface area contributed by atoms with Gasteiger partial charge in [-0.1, -0.05) is 12.8 Å². The number of carbonyl (C=O) groups excluding carboxylic acids is 3. The average molecular weight is 764 g/mol. The van der Waals surface area contributed by atoms with E-state index in [9.17, 15) is 31.9 Å². The summed E-state index contributed by atoms with van der Waals surface area (Å²) in [7, 11) is 3.44. The Morgan fingerprint density at radius 3 is 1.51 bits per heavy atom. The van der Waals surface area contributed by atoms with Crippen LogP contribution in [0.4, 0.5) is 43.6 Å². The zero-order valence-electron chi connectivity index (χ0n) is 31.4. The number of halogens is 4. The maximum atomic E-state index is 13.4. The summed E-state index contributed by atoms with van der Waals surface area (Å²) in [4.78, 5) is 50.2. The first-order chi connectivity index (χ1) is 26.0. The molecule has 1 unspecified atom stereocenters. The highest BCUT2D eigenvalue weighted by atomic mass is 19.1. The Bertz CT molecular complexity index is 1930. The number of nitrogens with one attached hydrogen (secondary N) is 2. The van der Waals surface area contributed by atoms with Crippen LogP contribution in [0.3, 0.4) is 0 Å². The Morgan fingerprint density at radius 2 is 1.11 bits per heavy atom. The standard InChI is InChI=1S/C22H26F2N4O3.C18H19F2N3O/c1-22(2,3)31-21(30)28-8-7-18(13-28)27(4)20(29)26-19-6-5-14(12-25-19)15-9-16(23)11-17(24)10-15;1-23(16-4-2-3-5-16)18(24)22-17-7-6-12(11-21-17)13-8-14(19)10-15(20)9-13/h5-6,9-12,18H,7-8,13H2,1-4H3,(H,25,26,29);6-11,16H,2-5H2,1H3,(H,21,22,24). The van der Waals surface area contributed by atoms with Gasteiger partial charge in [-0.3, -0.25) is 10.6 Å². The summed E-state index contributed by atoms with van der Waals surface area (Å²) in [5, 5.41) is 5.44. The summed E-state index contributed by atoms with van der Waals surface area (Å²) in [5.41, 5.74) is 1.28. The number of likely N-dealkylation sites (tertiary alicyclic amines) is 1. The van der Waals surface area contributed by atoms with E-state index in [4.69, 9.17) is 4.74 Å². The van der Waals surface area contributed by atoms with E-state index in [0.717, 1.165) is 37.8 Å². The molecule has 2 N–H and O–H groups in total. The van der Waals surface area contributed by atoms with Crippen LogP contribution < -0.4 is 10.6 Å². The minimum Gasteiger partial charge on any atom is -0.444 e. The number of hydrogen-bond donors (Lipinski definition) is 2. The molecule has 1 aliphatic carbocycles. The van der Waals surface area contributed by atoms with Gasteiger partial charge in [-0.15, -0.1) is 0 Å². The highest BCUT2D eigenvalue weighted by Gasteiger charge is 2.33. The molecule has 4 aromatic rings. The number of urea groups is 2. The van der Waals surface area contributed by atoms with Crippen LogP contribution in [0.1, 0.15) is 52.9 Å². The Morgan fingerprint density at radius 1 is 0.673 bits per heavy atom. The summed E-state index contributed by atoms with van der Waals surface area (Å²) < 4.78 is 58.7. The number of ether oxygens (including phenoxy) is 1. The Balaban J connectivity index is 0.000000218. The summed E-state index contributed by atoms with van der Waals surface area (Å²) in [6.45, 7) is 6.31. The highest BCUT2D eigenvalue weighted by molar-refractivity contribution is 5.89. The SMILES string of the molecule is CN(C(=O)Nc1ccc(-c2cc(F)cc(F)c2)cn1)C1CCCC1.CN(C(=O)Nc1ccc(-c2cc(F)cc(F)c2)cn1)C1CCN(C(=O)OC(C)(C)C)C1. The van der Waals surface area contributed by atoms with Gasteiger partial charge in [-0.2, -0.15) is 0 Å². The molecule has 2 aromatic carbocycles. The van der Waals surface area contributed by atoms with Gasteiger partial charge in [0.1, 0.15) is 40.5 Å². The maximum Gasteiger partial charge on any atom is 0.410 e. The van der Waals surface area contributed by atoms with Crippen molar-refractivity contribution in [3.8, 4) is 22.3 Å². The molecule has 1 saturated heterocycles. The van der Waals surface area contributed by atoms with Crippen LogP contribution in [0, 0.1) is 23.3 Å². The number of rotatable bonds is 6. The van der Waals surface area contributed by atoms with Crippen LogP contribution in [-0.2, 0) is 4.74 Å². The number of likely N-dealkylation sites (N-methyl/N-ethyl adjacent to an activating group) is 1. The van der Waals surface area contributed by atoms with Crippen LogP contribution in [0.25, 0.3) is 22.3 Å². The number of anilines is 2. The van der Waals surface area contributed by atoms with Crippen molar-refractivity contribution in [2.75, 3.05) is 37.8 Å². The number of aromatic nitrogens is 2. The van der Waals surface area contributed by atoms with Crippen LogP contribution in [-0.4, -0.2) is 87.7 Å². The molecule has 0 spiro atoms. The molecule has 55 heavy (non-hydrogen) atoms. The predicted molar refractivity (Wildman–Crippen MR) is 201 cm³/mol. The van der Waals surface area contributed by atoms with E-state index in [0.29, 0.717) is 53.4 Å². The van der Waals surface area contributed by atoms with Crippen molar-refractivity contribution in [1.29, 1.82) is 0 Å². The first-order valence-corrected chi connectivity index (χ1v) is 18.0. The second kappa shape index (κ2) is 17.6. The third-order valence-electron chi connectivity index (χ3n) is 9.26. The largest absolute Gasteiger partial charge is 0.444 e. The normalized spacial score (nSPS) is 15.5. The lowest BCUT2D eigenvalue weighted by atomic mass is 10.1. The van der Waals surface area contributed by atoms with Crippen molar-refractivity contribution in [3.63, 3.8) is 0 Å². The fourth-order valence-electron chi connectivity index (χ4n) is 6.29. The molecule has 1 atom stereocenters. The van der Waals surface area contributed by atoms with Crippen LogP contribution >= 0.6 is 0 Å². The summed E-state index contributed by atoms with van der Waals surface area (Å²) >= 11 is 0. The van der Waals surface area contributed by atoms with Crippen LogP contribution in [0.15, 0.2) is 73.1 Å². The fraction of sp³-hybridized carbons (Fsp3) is 0.375. The second-order valence-corrected chi connectivity index (χ2v) is 14.6. The molecule has 5 amide bonds. The monoisotopic (exact) mass is 763 g/mol. The third kappa shape index (κ3) is 11.4. The molecule has 2 aliphatic rings. The summed E-state index contributed by atoms with van der Waals surface area (Å²) in [6, 6.07) is 12.6. The van der Waals surface area contributed by atoms with E-state index >= 15 is 0 Å². The number of pyridine rings is 2. The van der Waals surface area contributed by atoms with Crippen molar-refractivity contribution in [2.45, 2.75) is 70.6 Å². The zero-order chi connectivity index (χ0) is 39.9. The Kier molecular flexibility index (Phi) is 12.9. The first kappa shape index (κ1) is 40.5. The number of hydrogen-bond acceptors (Lipinski definition) is 6. The first-order valence-electron chi connectivity index (χ1n) is 18.0. The molecule has 292 valence electrons. The third-order valence-corrected chi connectivity index (χ3v) is 9.26. The maximum absolute atomic E-state index is 13.4. The quantitative estimate of drug-likeness (QED) is 0.189. The van der Waals surface area contributed by atoms with Crippen molar-refractivity contribution in [3.05, 3.63) is 96.3 Å². The van der Waals surface area contributed by atoms with E-state index in [-0.39, 0.29) is 24.1 Å². The van der Waals surface area contributed by atoms with Crippen molar-refractivity contribution in [1.82, 2.24) is 24.7 Å². The minimum absolute atomic E-state index is 0.151. The van der Waals surface area contributed by atoms with E-state index in [1.807, 2.05) is 0 Å². The lowest BCUT2D eigenvalue weighted by Crippen LogP contribution is -2.43. The lowest BCUT2D eigenvalue weighted by molar-refractivity contribution is 0.0285. The summed E-state index contributed by atoms with van der Waals surface area (Å²) in [6.07, 6.45) is 7.53. The highest BCUT2D eigenvalue weighted by Crippen LogP contribution is 2.26. The molecule has 0 bridgehead atoms. The Labute approximate surface area is 317 Å². The molecular weight excluding hydrogens is 718 g/mol. The average Bonchev–Trinajstić information content (AvgIpc) is 3.84. The predicted octanol–water partition coefficient (Wildman–Crippen LogP) is 8.93. The molecule has 1 saturated carbocycles. The van der Waals surface area contributed by atoms with Crippen molar-refractivity contribution >= 4 is 29.8 Å². The van der Waals surface area contributed by atoms with Crippen LogP contribution in [0.2, 0.25) is 0 Å². The van der Waals surface area contributed by atoms with Gasteiger partial charge >= 0.3 is 18.2 Å². The smallest absolute Gasteiger partial charge is 0.410 e. The summed E-state index contributed by atoms with van der Waals surface area (Å²) in [5.74, 6) is -1.91. The van der Waals surface area contributed by atoms with Gasteiger partial charge in [0.2, 0.25) is 0 Å².